The summed E-state index contributed by atoms with van der Waals surface area (Å²) in [5.41, 5.74) is 7.90. The molecular formula is C13H16N4O. The Bertz CT molecular complexity index is 547. The van der Waals surface area contributed by atoms with E-state index in [4.69, 9.17) is 5.73 Å². The first-order valence-electron chi connectivity index (χ1n) is 5.64. The summed E-state index contributed by atoms with van der Waals surface area (Å²) in [6.07, 6.45) is 5.16. The Hall–Kier alpha value is -2.30. The van der Waals surface area contributed by atoms with Crippen molar-refractivity contribution in [1.29, 1.82) is 0 Å². The third-order valence-corrected chi connectivity index (χ3v) is 2.76. The van der Waals surface area contributed by atoms with Crippen LogP contribution in [-0.4, -0.2) is 27.4 Å². The van der Waals surface area contributed by atoms with Gasteiger partial charge in [0.1, 0.15) is 5.69 Å². The van der Waals surface area contributed by atoms with Gasteiger partial charge in [0.15, 0.2) is 0 Å². The van der Waals surface area contributed by atoms with Crippen molar-refractivity contribution in [1.82, 2.24) is 14.5 Å². The SMILES string of the molecule is CN(Cc1ccncc1)C(=O)c1cc(N)cn1C. The summed E-state index contributed by atoms with van der Waals surface area (Å²) < 4.78 is 1.74. The number of pyridine rings is 1. The standard InChI is InChI=1S/C13H16N4O/c1-16-9-11(14)7-12(16)13(18)17(2)8-10-3-5-15-6-4-10/h3-7,9H,8,14H2,1-2H3. The minimum absolute atomic E-state index is 0.0500. The predicted octanol–water partition coefficient (Wildman–Crippen LogP) is 1.27. The summed E-state index contributed by atoms with van der Waals surface area (Å²) in [5, 5.41) is 0. The maximum Gasteiger partial charge on any atom is 0.270 e. The van der Waals surface area contributed by atoms with E-state index in [0.717, 1.165) is 5.56 Å². The molecule has 0 unspecified atom stereocenters. The summed E-state index contributed by atoms with van der Waals surface area (Å²) in [6, 6.07) is 5.47. The number of aryl methyl sites for hydroxylation is 1. The van der Waals surface area contributed by atoms with Crippen molar-refractivity contribution < 1.29 is 4.79 Å². The van der Waals surface area contributed by atoms with E-state index in [-0.39, 0.29) is 5.91 Å². The zero-order chi connectivity index (χ0) is 13.1. The molecule has 0 saturated carbocycles. The van der Waals surface area contributed by atoms with Gasteiger partial charge in [-0.15, -0.1) is 0 Å². The van der Waals surface area contributed by atoms with Gasteiger partial charge in [0.05, 0.1) is 5.69 Å². The number of rotatable bonds is 3. The van der Waals surface area contributed by atoms with Gasteiger partial charge in [-0.1, -0.05) is 0 Å². The van der Waals surface area contributed by atoms with Gasteiger partial charge in [0, 0.05) is 39.2 Å². The van der Waals surface area contributed by atoms with Crippen LogP contribution < -0.4 is 5.73 Å². The topological polar surface area (TPSA) is 64.2 Å². The minimum Gasteiger partial charge on any atom is -0.397 e. The van der Waals surface area contributed by atoms with Crippen LogP contribution in [0.25, 0.3) is 0 Å². The maximum absolute atomic E-state index is 12.2. The van der Waals surface area contributed by atoms with Crippen LogP contribution in [0.1, 0.15) is 16.1 Å². The largest absolute Gasteiger partial charge is 0.397 e. The molecule has 94 valence electrons. The highest BCUT2D eigenvalue weighted by molar-refractivity contribution is 5.93. The smallest absolute Gasteiger partial charge is 0.270 e. The second-order valence-corrected chi connectivity index (χ2v) is 4.29. The van der Waals surface area contributed by atoms with E-state index in [2.05, 4.69) is 4.98 Å². The highest BCUT2D eigenvalue weighted by atomic mass is 16.2. The summed E-state index contributed by atoms with van der Waals surface area (Å²) in [4.78, 5) is 17.8. The van der Waals surface area contributed by atoms with Crippen LogP contribution in [0, 0.1) is 0 Å². The Morgan fingerprint density at radius 3 is 2.67 bits per heavy atom. The molecule has 2 aromatic heterocycles. The molecule has 0 atom stereocenters. The molecular weight excluding hydrogens is 228 g/mol. The molecule has 0 aliphatic rings. The van der Waals surface area contributed by atoms with E-state index < -0.39 is 0 Å². The van der Waals surface area contributed by atoms with Gasteiger partial charge < -0.3 is 15.2 Å². The van der Waals surface area contributed by atoms with Crippen LogP contribution in [0.15, 0.2) is 36.8 Å². The lowest BCUT2D eigenvalue weighted by Gasteiger charge is -2.17. The Labute approximate surface area is 106 Å². The fourth-order valence-corrected chi connectivity index (χ4v) is 1.83. The summed E-state index contributed by atoms with van der Waals surface area (Å²) in [6.45, 7) is 0.548. The van der Waals surface area contributed by atoms with E-state index in [9.17, 15) is 4.79 Å². The Balaban J connectivity index is 2.12. The van der Waals surface area contributed by atoms with Crippen LogP contribution in [0.4, 0.5) is 5.69 Å². The number of carbonyl (C=O) groups is 1. The lowest BCUT2D eigenvalue weighted by atomic mass is 10.2. The predicted molar refractivity (Wildman–Crippen MR) is 69.9 cm³/mol. The van der Waals surface area contributed by atoms with Crippen LogP contribution >= 0.6 is 0 Å². The van der Waals surface area contributed by atoms with Gasteiger partial charge in [-0.25, -0.2) is 0 Å². The van der Waals surface area contributed by atoms with E-state index in [1.807, 2.05) is 19.2 Å². The minimum atomic E-state index is -0.0500. The molecule has 0 aliphatic heterocycles. The Morgan fingerprint density at radius 1 is 1.44 bits per heavy atom. The van der Waals surface area contributed by atoms with Crippen LogP contribution in [0.2, 0.25) is 0 Å². The first kappa shape index (κ1) is 12.2. The van der Waals surface area contributed by atoms with Gasteiger partial charge in [-0.2, -0.15) is 0 Å². The van der Waals surface area contributed by atoms with Crippen molar-refractivity contribution in [2.24, 2.45) is 7.05 Å². The van der Waals surface area contributed by atoms with Crippen LogP contribution in [0.5, 0.6) is 0 Å². The van der Waals surface area contributed by atoms with E-state index in [1.54, 1.807) is 41.2 Å². The molecule has 0 spiro atoms. The molecule has 1 amide bonds. The van der Waals surface area contributed by atoms with E-state index in [0.29, 0.717) is 17.9 Å². The van der Waals surface area contributed by atoms with Crippen molar-refractivity contribution in [3.05, 3.63) is 48.0 Å². The quantitative estimate of drug-likeness (QED) is 0.884. The number of aromatic nitrogens is 2. The van der Waals surface area contributed by atoms with Gasteiger partial charge in [-0.3, -0.25) is 9.78 Å². The molecule has 0 bridgehead atoms. The molecule has 5 nitrogen and oxygen atoms in total. The van der Waals surface area contributed by atoms with Gasteiger partial charge in [-0.05, 0) is 23.8 Å². The highest BCUT2D eigenvalue weighted by Crippen LogP contribution is 2.12. The van der Waals surface area contributed by atoms with Crippen molar-refractivity contribution in [2.75, 3.05) is 12.8 Å². The molecule has 0 fully saturated rings. The third kappa shape index (κ3) is 2.51. The molecule has 18 heavy (non-hydrogen) atoms. The first-order chi connectivity index (χ1) is 8.58. The van der Waals surface area contributed by atoms with Gasteiger partial charge in [0.25, 0.3) is 5.91 Å². The monoisotopic (exact) mass is 244 g/mol. The molecule has 2 heterocycles. The van der Waals surface area contributed by atoms with Crippen LogP contribution in [0.3, 0.4) is 0 Å². The third-order valence-electron chi connectivity index (χ3n) is 2.76. The second kappa shape index (κ2) is 4.91. The zero-order valence-corrected chi connectivity index (χ0v) is 10.5. The summed E-state index contributed by atoms with van der Waals surface area (Å²) in [7, 11) is 3.58. The number of anilines is 1. The van der Waals surface area contributed by atoms with Gasteiger partial charge in [0.2, 0.25) is 0 Å². The molecule has 0 radical (unpaired) electrons. The summed E-state index contributed by atoms with van der Waals surface area (Å²) >= 11 is 0. The summed E-state index contributed by atoms with van der Waals surface area (Å²) in [5.74, 6) is -0.0500. The molecule has 0 aromatic carbocycles. The molecule has 0 aliphatic carbocycles. The number of nitrogens with zero attached hydrogens (tertiary/aromatic N) is 3. The normalized spacial score (nSPS) is 10.3. The second-order valence-electron chi connectivity index (χ2n) is 4.29. The number of nitrogen functional groups attached to an aromatic ring is 1. The molecule has 2 rings (SSSR count). The number of hydrogen-bond donors (Lipinski definition) is 1. The Morgan fingerprint density at radius 2 is 2.11 bits per heavy atom. The molecule has 0 saturated heterocycles. The lowest BCUT2D eigenvalue weighted by Crippen LogP contribution is -2.27. The average molecular weight is 244 g/mol. The van der Waals surface area contributed by atoms with E-state index >= 15 is 0 Å². The number of amides is 1. The molecule has 5 heteroatoms. The average Bonchev–Trinajstić information content (AvgIpc) is 2.68. The van der Waals surface area contributed by atoms with Gasteiger partial charge >= 0.3 is 0 Å². The zero-order valence-electron chi connectivity index (χ0n) is 10.5. The lowest BCUT2D eigenvalue weighted by molar-refractivity contribution is 0.0775. The van der Waals surface area contributed by atoms with Crippen molar-refractivity contribution in [2.45, 2.75) is 6.54 Å². The molecule has 2 N–H and O–H groups in total. The van der Waals surface area contributed by atoms with E-state index in [1.165, 1.54) is 0 Å². The molecule has 2 aromatic rings. The van der Waals surface area contributed by atoms with Crippen molar-refractivity contribution in [3.63, 3.8) is 0 Å². The van der Waals surface area contributed by atoms with Crippen LogP contribution in [-0.2, 0) is 13.6 Å². The number of hydrogen-bond acceptors (Lipinski definition) is 3. The number of carbonyl (C=O) groups excluding carboxylic acids is 1. The number of nitrogens with two attached hydrogens (primary N) is 1. The highest BCUT2D eigenvalue weighted by Gasteiger charge is 2.15. The van der Waals surface area contributed by atoms with Crippen molar-refractivity contribution >= 4 is 11.6 Å². The maximum atomic E-state index is 12.2. The Kier molecular flexibility index (Phi) is 3.32. The first-order valence-corrected chi connectivity index (χ1v) is 5.64. The fourth-order valence-electron chi connectivity index (χ4n) is 1.83. The fraction of sp³-hybridized carbons (Fsp3) is 0.231. The van der Waals surface area contributed by atoms with Crippen molar-refractivity contribution in [3.8, 4) is 0 Å².